The van der Waals surface area contributed by atoms with E-state index in [4.69, 9.17) is 29.5 Å². The van der Waals surface area contributed by atoms with Gasteiger partial charge in [-0.3, -0.25) is 4.79 Å². The lowest BCUT2D eigenvalue weighted by Crippen LogP contribution is -2.27. The highest BCUT2D eigenvalue weighted by atomic mass is 16.5. The maximum absolute atomic E-state index is 12.5. The maximum atomic E-state index is 12.5. The Labute approximate surface area is 238 Å². The van der Waals surface area contributed by atoms with Crippen molar-refractivity contribution in [1.29, 1.82) is 0 Å². The molecule has 4 rings (SSSR count). The van der Waals surface area contributed by atoms with Crippen LogP contribution in [0, 0.1) is 6.92 Å². The van der Waals surface area contributed by atoms with Gasteiger partial charge in [0.05, 0.1) is 18.4 Å². The molecule has 214 valence electrons. The number of nitrogens with zero attached hydrogens (tertiary/aromatic N) is 2. The summed E-state index contributed by atoms with van der Waals surface area (Å²) >= 11 is 0. The van der Waals surface area contributed by atoms with Gasteiger partial charge in [-0.25, -0.2) is 14.8 Å². The molecular weight excluding hydrogens is 526 g/mol. The summed E-state index contributed by atoms with van der Waals surface area (Å²) in [5.74, 6) is 1.30. The largest absolute Gasteiger partial charge is 0.493 e. The molecular formula is C31H33N3O7. The van der Waals surface area contributed by atoms with Crippen LogP contribution in [0.3, 0.4) is 0 Å². The Balaban J connectivity index is 1.40. The number of rotatable bonds is 13. The highest BCUT2D eigenvalue weighted by molar-refractivity contribution is 5.78. The van der Waals surface area contributed by atoms with Gasteiger partial charge in [0.25, 0.3) is 0 Å². The van der Waals surface area contributed by atoms with Crippen LogP contribution in [0.15, 0.2) is 71.3 Å². The molecule has 0 aliphatic heterocycles. The number of carboxylic acids is 1. The average molecular weight is 560 g/mol. The quantitative estimate of drug-likeness (QED) is 0.203. The lowest BCUT2D eigenvalue weighted by atomic mass is 9.97. The van der Waals surface area contributed by atoms with Crippen molar-refractivity contribution in [2.75, 3.05) is 6.61 Å². The first-order chi connectivity index (χ1) is 19.7. The molecule has 0 amide bonds. The van der Waals surface area contributed by atoms with Crippen LogP contribution in [0.5, 0.6) is 17.4 Å². The van der Waals surface area contributed by atoms with Gasteiger partial charge in [0, 0.05) is 30.7 Å². The van der Waals surface area contributed by atoms with E-state index in [9.17, 15) is 9.59 Å². The molecule has 41 heavy (non-hydrogen) atoms. The predicted molar refractivity (Wildman–Crippen MR) is 151 cm³/mol. The Morgan fingerprint density at radius 2 is 1.78 bits per heavy atom. The summed E-state index contributed by atoms with van der Waals surface area (Å²) in [6, 6.07) is 16.9. The van der Waals surface area contributed by atoms with Gasteiger partial charge in [-0.2, -0.15) is 0 Å². The smallest absolute Gasteiger partial charge is 0.327 e. The number of carboxylic acid groups (broad SMARTS) is 1. The van der Waals surface area contributed by atoms with E-state index in [1.54, 1.807) is 44.3 Å². The normalized spacial score (nSPS) is 11.7. The van der Waals surface area contributed by atoms with Gasteiger partial charge in [-0.15, -0.1) is 0 Å². The standard InChI is InChI=1S/C31H33N3O7/c1-19(2)39-31(37)29(32)25-18-24(13-7-21(25)10-14-28(35)36)38-17-15-26-20(3)40-30(34-26)22-8-11-23(12-9-22)41-27-6-4-5-16-33-27/h4-9,11-13,16,18-19,29H,10,14-15,17,32H2,1-3H3,(H,35,36). The number of aryl methyl sites for hydroxylation is 2. The topological polar surface area (TPSA) is 147 Å². The van der Waals surface area contributed by atoms with Gasteiger partial charge in [0.1, 0.15) is 23.3 Å². The molecule has 1 atom stereocenters. The molecule has 10 heteroatoms. The van der Waals surface area contributed by atoms with E-state index in [0.29, 0.717) is 53.2 Å². The summed E-state index contributed by atoms with van der Waals surface area (Å²) in [6.07, 6.45) is 1.95. The fourth-order valence-corrected chi connectivity index (χ4v) is 4.10. The van der Waals surface area contributed by atoms with Crippen molar-refractivity contribution in [2.45, 2.75) is 52.2 Å². The first-order valence-corrected chi connectivity index (χ1v) is 13.3. The van der Waals surface area contributed by atoms with Crippen LogP contribution in [0.1, 0.15) is 48.9 Å². The number of hydrogen-bond acceptors (Lipinski definition) is 9. The van der Waals surface area contributed by atoms with Crippen LogP contribution in [0.2, 0.25) is 0 Å². The summed E-state index contributed by atoms with van der Waals surface area (Å²) < 4.78 is 22.9. The molecule has 0 saturated carbocycles. The Morgan fingerprint density at radius 3 is 2.46 bits per heavy atom. The van der Waals surface area contributed by atoms with Crippen molar-refractivity contribution in [3.05, 3.63) is 89.4 Å². The number of oxazole rings is 1. The number of ether oxygens (including phenoxy) is 3. The minimum absolute atomic E-state index is 0.0904. The molecule has 0 aliphatic rings. The number of benzene rings is 2. The third kappa shape index (κ3) is 8.15. The van der Waals surface area contributed by atoms with Crippen LogP contribution >= 0.6 is 0 Å². The minimum atomic E-state index is -1.06. The lowest BCUT2D eigenvalue weighted by molar-refractivity contribution is -0.149. The molecule has 1 unspecified atom stereocenters. The maximum Gasteiger partial charge on any atom is 0.327 e. The molecule has 0 aliphatic carbocycles. The van der Waals surface area contributed by atoms with Gasteiger partial charge < -0.3 is 29.5 Å². The van der Waals surface area contributed by atoms with Crippen LogP contribution in [0.4, 0.5) is 0 Å². The molecule has 0 fully saturated rings. The zero-order valence-electron chi connectivity index (χ0n) is 23.2. The average Bonchev–Trinajstić information content (AvgIpc) is 3.32. The van der Waals surface area contributed by atoms with Crippen molar-refractivity contribution < 1.29 is 33.3 Å². The summed E-state index contributed by atoms with van der Waals surface area (Å²) in [6.45, 7) is 5.61. The molecule has 2 aromatic carbocycles. The zero-order chi connectivity index (χ0) is 29.4. The first-order valence-electron chi connectivity index (χ1n) is 13.3. The van der Waals surface area contributed by atoms with Gasteiger partial charge in [-0.1, -0.05) is 12.1 Å². The van der Waals surface area contributed by atoms with E-state index >= 15 is 0 Å². The van der Waals surface area contributed by atoms with E-state index in [-0.39, 0.29) is 18.9 Å². The minimum Gasteiger partial charge on any atom is -0.493 e. The number of esters is 1. The first kappa shape index (κ1) is 29.3. The van der Waals surface area contributed by atoms with E-state index in [2.05, 4.69) is 9.97 Å². The molecule has 2 aromatic heterocycles. The van der Waals surface area contributed by atoms with E-state index < -0.39 is 18.0 Å². The summed E-state index contributed by atoms with van der Waals surface area (Å²) in [4.78, 5) is 32.4. The summed E-state index contributed by atoms with van der Waals surface area (Å²) in [5.41, 5.74) is 8.89. The SMILES string of the molecule is Cc1oc(-c2ccc(Oc3ccccn3)cc2)nc1CCOc1ccc(CCC(=O)O)c(C(N)C(=O)OC(C)C)c1. The fraction of sp³-hybridized carbons (Fsp3) is 0.290. The molecule has 10 nitrogen and oxygen atoms in total. The number of hydrogen-bond donors (Lipinski definition) is 2. The van der Waals surface area contributed by atoms with Gasteiger partial charge >= 0.3 is 11.9 Å². The van der Waals surface area contributed by atoms with Gasteiger partial charge in [0.15, 0.2) is 0 Å². The number of aliphatic carboxylic acids is 1. The molecule has 0 bridgehead atoms. The third-order valence-corrected chi connectivity index (χ3v) is 6.13. The fourth-order valence-electron chi connectivity index (χ4n) is 4.10. The Bertz CT molecular complexity index is 1470. The summed E-state index contributed by atoms with van der Waals surface area (Å²) in [7, 11) is 0. The van der Waals surface area contributed by atoms with E-state index in [0.717, 1.165) is 11.3 Å². The van der Waals surface area contributed by atoms with E-state index in [1.807, 2.05) is 43.3 Å². The second kappa shape index (κ2) is 13.6. The van der Waals surface area contributed by atoms with Crippen molar-refractivity contribution in [2.24, 2.45) is 5.73 Å². The number of carbonyl (C=O) groups excluding carboxylic acids is 1. The zero-order valence-corrected chi connectivity index (χ0v) is 23.2. The molecule has 0 spiro atoms. The second-order valence-electron chi connectivity index (χ2n) is 9.63. The Hall–Kier alpha value is -4.70. The predicted octanol–water partition coefficient (Wildman–Crippen LogP) is 5.43. The Kier molecular flexibility index (Phi) is 9.70. The van der Waals surface area contributed by atoms with Crippen molar-refractivity contribution in [3.63, 3.8) is 0 Å². The van der Waals surface area contributed by atoms with Crippen molar-refractivity contribution in [3.8, 4) is 28.8 Å². The molecule has 0 radical (unpaired) electrons. The Morgan fingerprint density at radius 1 is 1.02 bits per heavy atom. The molecule has 3 N–H and O–H groups in total. The lowest BCUT2D eigenvalue weighted by Gasteiger charge is -2.18. The third-order valence-electron chi connectivity index (χ3n) is 6.13. The molecule has 0 saturated heterocycles. The monoisotopic (exact) mass is 559 g/mol. The number of nitrogens with two attached hydrogens (primary N) is 1. The van der Waals surface area contributed by atoms with Crippen LogP contribution < -0.4 is 15.2 Å². The van der Waals surface area contributed by atoms with Gasteiger partial charge in [-0.05, 0) is 80.8 Å². The van der Waals surface area contributed by atoms with Gasteiger partial charge in [0.2, 0.25) is 11.8 Å². The number of carbonyl (C=O) groups is 2. The summed E-state index contributed by atoms with van der Waals surface area (Å²) in [5, 5.41) is 9.11. The molecule has 2 heterocycles. The number of pyridine rings is 1. The van der Waals surface area contributed by atoms with Crippen LogP contribution in [-0.2, 0) is 27.2 Å². The highest BCUT2D eigenvalue weighted by Crippen LogP contribution is 2.28. The highest BCUT2D eigenvalue weighted by Gasteiger charge is 2.23. The van der Waals surface area contributed by atoms with Crippen LogP contribution in [0.25, 0.3) is 11.5 Å². The van der Waals surface area contributed by atoms with Crippen molar-refractivity contribution >= 4 is 11.9 Å². The van der Waals surface area contributed by atoms with Crippen molar-refractivity contribution in [1.82, 2.24) is 9.97 Å². The van der Waals surface area contributed by atoms with Crippen LogP contribution in [-0.4, -0.2) is 39.7 Å². The number of aromatic nitrogens is 2. The van der Waals surface area contributed by atoms with E-state index in [1.165, 1.54) is 0 Å². The molecule has 4 aromatic rings. The second-order valence-corrected chi connectivity index (χ2v) is 9.63.